The van der Waals surface area contributed by atoms with Crippen LogP contribution in [0.4, 0.5) is 0 Å². The predicted octanol–water partition coefficient (Wildman–Crippen LogP) is 5.27. The van der Waals surface area contributed by atoms with Crippen molar-refractivity contribution in [3.05, 3.63) is 50.2 Å². The van der Waals surface area contributed by atoms with Crippen molar-refractivity contribution in [1.29, 1.82) is 0 Å². The lowest BCUT2D eigenvalue weighted by Gasteiger charge is -1.93. The highest BCUT2D eigenvalue weighted by atomic mass is 32.9. The van der Waals surface area contributed by atoms with E-state index in [1.54, 1.807) is 20.7 Å². The Kier molecular flexibility index (Phi) is 4.04. The summed E-state index contributed by atoms with van der Waals surface area (Å²) >= 11 is 5.30. The van der Waals surface area contributed by atoms with E-state index < -0.39 is 0 Å². The Morgan fingerprint density at radius 2 is 1.88 bits per heavy atom. The van der Waals surface area contributed by atoms with E-state index in [2.05, 4.69) is 43.3 Å². The maximum atomic E-state index is 5.30. The first-order valence-electron chi connectivity index (χ1n) is 5.16. The third-order valence-corrected chi connectivity index (χ3v) is 5.48. The first-order valence-corrected chi connectivity index (χ1v) is 7.72. The fraction of sp³-hybridized carbons (Fsp3) is 0.154. The van der Waals surface area contributed by atoms with Crippen molar-refractivity contribution in [2.24, 2.45) is 0 Å². The SMILES string of the molecule is CCc1c(/C=C/c2ccccc2)ssc1=S. The minimum atomic E-state index is 1.02. The molecule has 2 rings (SSSR count). The van der Waals surface area contributed by atoms with Gasteiger partial charge in [-0.25, -0.2) is 0 Å². The Bertz CT molecular complexity index is 532. The van der Waals surface area contributed by atoms with E-state index in [0.29, 0.717) is 0 Å². The minimum absolute atomic E-state index is 1.02. The van der Waals surface area contributed by atoms with Gasteiger partial charge in [0.05, 0.1) is 0 Å². The Morgan fingerprint density at radius 1 is 1.12 bits per heavy atom. The van der Waals surface area contributed by atoms with Crippen molar-refractivity contribution in [3.8, 4) is 0 Å². The molecule has 0 amide bonds. The normalized spacial score (nSPS) is 11.1. The van der Waals surface area contributed by atoms with E-state index in [1.807, 2.05) is 6.07 Å². The van der Waals surface area contributed by atoms with Gasteiger partial charge in [-0.05, 0) is 23.6 Å². The summed E-state index contributed by atoms with van der Waals surface area (Å²) in [5.41, 5.74) is 2.55. The third-order valence-electron chi connectivity index (χ3n) is 2.33. The van der Waals surface area contributed by atoms with Crippen LogP contribution in [0.5, 0.6) is 0 Å². The van der Waals surface area contributed by atoms with Gasteiger partial charge in [0, 0.05) is 4.88 Å². The summed E-state index contributed by atoms with van der Waals surface area (Å²) in [5.74, 6) is 0. The topological polar surface area (TPSA) is 0 Å². The molecule has 0 N–H and O–H groups in total. The van der Waals surface area contributed by atoms with Crippen LogP contribution in [0.2, 0.25) is 0 Å². The molecule has 1 heterocycles. The van der Waals surface area contributed by atoms with Crippen molar-refractivity contribution >= 4 is 45.1 Å². The van der Waals surface area contributed by atoms with Gasteiger partial charge in [0.2, 0.25) is 0 Å². The van der Waals surface area contributed by atoms with Gasteiger partial charge in [-0.1, -0.05) is 76.2 Å². The predicted molar refractivity (Wildman–Crippen MR) is 77.8 cm³/mol. The highest BCUT2D eigenvalue weighted by Crippen LogP contribution is 2.27. The van der Waals surface area contributed by atoms with Crippen LogP contribution >= 0.6 is 32.9 Å². The molecule has 1 aromatic heterocycles. The second-order valence-electron chi connectivity index (χ2n) is 3.39. The van der Waals surface area contributed by atoms with Crippen LogP contribution in [0, 0.1) is 3.82 Å². The molecule has 1 aromatic carbocycles. The van der Waals surface area contributed by atoms with Crippen LogP contribution in [0.25, 0.3) is 12.2 Å². The molecule has 0 aliphatic heterocycles. The van der Waals surface area contributed by atoms with Crippen LogP contribution < -0.4 is 0 Å². The van der Waals surface area contributed by atoms with Gasteiger partial charge in [-0.3, -0.25) is 0 Å². The molecule has 3 heteroatoms. The zero-order chi connectivity index (χ0) is 11.4. The summed E-state index contributed by atoms with van der Waals surface area (Å²) in [6.45, 7) is 2.16. The van der Waals surface area contributed by atoms with Gasteiger partial charge in [-0.2, -0.15) is 0 Å². The van der Waals surface area contributed by atoms with E-state index in [4.69, 9.17) is 12.2 Å². The van der Waals surface area contributed by atoms with E-state index in [-0.39, 0.29) is 0 Å². The first-order chi connectivity index (χ1) is 7.81. The van der Waals surface area contributed by atoms with Crippen molar-refractivity contribution in [1.82, 2.24) is 0 Å². The lowest BCUT2D eigenvalue weighted by molar-refractivity contribution is 1.15. The van der Waals surface area contributed by atoms with Crippen molar-refractivity contribution < 1.29 is 0 Å². The van der Waals surface area contributed by atoms with Gasteiger partial charge >= 0.3 is 0 Å². The molecule has 0 nitrogen and oxygen atoms in total. The van der Waals surface area contributed by atoms with Crippen LogP contribution in [0.3, 0.4) is 0 Å². The number of hydrogen-bond donors (Lipinski definition) is 0. The first kappa shape index (κ1) is 11.7. The van der Waals surface area contributed by atoms with E-state index >= 15 is 0 Å². The van der Waals surface area contributed by atoms with Crippen molar-refractivity contribution in [2.45, 2.75) is 13.3 Å². The average molecular weight is 264 g/mol. The van der Waals surface area contributed by atoms with E-state index in [0.717, 1.165) is 10.2 Å². The number of hydrogen-bond acceptors (Lipinski definition) is 3. The molecule has 0 radical (unpaired) electrons. The van der Waals surface area contributed by atoms with Crippen LogP contribution in [-0.2, 0) is 6.42 Å². The lowest BCUT2D eigenvalue weighted by Crippen LogP contribution is -1.78. The zero-order valence-corrected chi connectivity index (χ0v) is 11.4. The fourth-order valence-electron chi connectivity index (χ4n) is 1.47. The van der Waals surface area contributed by atoms with Gasteiger partial charge in [0.25, 0.3) is 0 Å². The summed E-state index contributed by atoms with van der Waals surface area (Å²) < 4.78 is 1.04. The molecule has 0 saturated heterocycles. The molecule has 0 aliphatic carbocycles. The number of rotatable bonds is 3. The maximum absolute atomic E-state index is 5.30. The summed E-state index contributed by atoms with van der Waals surface area (Å²) in [7, 11) is 3.47. The van der Waals surface area contributed by atoms with E-state index in [1.165, 1.54) is 16.0 Å². The Hall–Kier alpha value is -0.770. The molecule has 0 atom stereocenters. The van der Waals surface area contributed by atoms with Crippen molar-refractivity contribution in [3.63, 3.8) is 0 Å². The second-order valence-corrected chi connectivity index (χ2v) is 6.24. The largest absolute Gasteiger partial charge is 0.105 e. The van der Waals surface area contributed by atoms with Gasteiger partial charge < -0.3 is 0 Å². The smallest absolute Gasteiger partial charge is 0.0789 e. The summed E-state index contributed by atoms with van der Waals surface area (Å²) in [6.07, 6.45) is 5.34. The lowest BCUT2D eigenvalue weighted by atomic mass is 10.2. The van der Waals surface area contributed by atoms with Gasteiger partial charge in [-0.15, -0.1) is 0 Å². The molecule has 0 fully saturated rings. The second kappa shape index (κ2) is 5.53. The summed E-state index contributed by atoms with van der Waals surface area (Å²) in [5, 5.41) is 0. The maximum Gasteiger partial charge on any atom is 0.105 e. The Balaban J connectivity index is 2.27. The van der Waals surface area contributed by atoms with Crippen LogP contribution in [0.1, 0.15) is 22.9 Å². The average Bonchev–Trinajstić information content (AvgIpc) is 2.68. The molecule has 0 spiro atoms. The zero-order valence-electron chi connectivity index (χ0n) is 8.97. The van der Waals surface area contributed by atoms with Gasteiger partial charge in [0.1, 0.15) is 3.82 Å². The Morgan fingerprint density at radius 3 is 2.56 bits per heavy atom. The molecule has 0 unspecified atom stereocenters. The highest BCUT2D eigenvalue weighted by Gasteiger charge is 2.02. The molecule has 2 aromatic rings. The quantitative estimate of drug-likeness (QED) is 0.537. The fourth-order valence-corrected chi connectivity index (χ4v) is 4.41. The van der Waals surface area contributed by atoms with Crippen LogP contribution in [0.15, 0.2) is 30.3 Å². The van der Waals surface area contributed by atoms with E-state index in [9.17, 15) is 0 Å². The highest BCUT2D eigenvalue weighted by molar-refractivity contribution is 7.79. The molecule has 16 heavy (non-hydrogen) atoms. The molecular formula is C13H12S3. The Labute approximate surface area is 108 Å². The minimum Gasteiger partial charge on any atom is -0.0789 e. The molecular weight excluding hydrogens is 252 g/mol. The molecule has 0 bridgehead atoms. The molecule has 0 saturated carbocycles. The van der Waals surface area contributed by atoms with Crippen LogP contribution in [-0.4, -0.2) is 0 Å². The van der Waals surface area contributed by atoms with Crippen molar-refractivity contribution in [2.75, 3.05) is 0 Å². The standard InChI is InChI=1S/C13H12S3/c1-2-11-12(15-16-13(11)14)9-8-10-6-4-3-5-7-10/h3-9H,2H2,1H3/b9-8+. The molecule has 82 valence electrons. The summed E-state index contributed by atoms with van der Waals surface area (Å²) in [4.78, 5) is 1.31. The monoisotopic (exact) mass is 264 g/mol. The molecule has 0 aliphatic rings. The number of benzene rings is 1. The third kappa shape index (κ3) is 2.67. The van der Waals surface area contributed by atoms with Gasteiger partial charge in [0.15, 0.2) is 0 Å². The summed E-state index contributed by atoms with van der Waals surface area (Å²) in [6, 6.07) is 10.3.